The van der Waals surface area contributed by atoms with E-state index in [0.717, 1.165) is 10.8 Å². The van der Waals surface area contributed by atoms with E-state index in [2.05, 4.69) is 10.3 Å². The summed E-state index contributed by atoms with van der Waals surface area (Å²) in [4.78, 5) is 27.8. The van der Waals surface area contributed by atoms with Gasteiger partial charge in [0, 0.05) is 30.2 Å². The lowest BCUT2D eigenvalue weighted by Gasteiger charge is -2.10. The molecule has 0 bridgehead atoms. The summed E-state index contributed by atoms with van der Waals surface area (Å²) in [5.41, 5.74) is 0.476. The summed E-state index contributed by atoms with van der Waals surface area (Å²) in [6, 6.07) is 13.6. The molecular formula is C19H19N3O3. The van der Waals surface area contributed by atoms with Crippen molar-refractivity contribution in [1.82, 2.24) is 14.9 Å². The minimum Gasteiger partial charge on any atom is -0.483 e. The van der Waals surface area contributed by atoms with Crippen LogP contribution in [0.1, 0.15) is 5.56 Å². The highest BCUT2D eigenvalue weighted by Crippen LogP contribution is 2.24. The van der Waals surface area contributed by atoms with E-state index in [0.29, 0.717) is 24.4 Å². The number of hydrogen-bond acceptors (Lipinski definition) is 4. The second-order valence-electron chi connectivity index (χ2n) is 5.69. The Morgan fingerprint density at radius 1 is 1.20 bits per heavy atom. The first-order valence-corrected chi connectivity index (χ1v) is 8.03. The van der Waals surface area contributed by atoms with Crippen molar-refractivity contribution in [1.29, 1.82) is 0 Å². The minimum atomic E-state index is -0.235. The number of fused-ring (bicyclic) bond motifs is 1. The van der Waals surface area contributed by atoms with Gasteiger partial charge in [-0.15, -0.1) is 0 Å². The molecule has 1 heterocycles. The molecule has 0 spiro atoms. The molecule has 25 heavy (non-hydrogen) atoms. The zero-order chi connectivity index (χ0) is 17.6. The molecule has 6 heteroatoms. The summed E-state index contributed by atoms with van der Waals surface area (Å²) >= 11 is 0. The van der Waals surface area contributed by atoms with Crippen LogP contribution in [-0.4, -0.2) is 28.6 Å². The van der Waals surface area contributed by atoms with Crippen LogP contribution in [0.4, 0.5) is 0 Å². The maximum absolute atomic E-state index is 12.0. The monoisotopic (exact) mass is 337 g/mol. The van der Waals surface area contributed by atoms with E-state index in [1.807, 2.05) is 42.5 Å². The predicted molar refractivity (Wildman–Crippen MR) is 95.7 cm³/mol. The molecule has 0 atom stereocenters. The van der Waals surface area contributed by atoms with Crippen molar-refractivity contribution < 1.29 is 9.53 Å². The molecule has 0 fully saturated rings. The summed E-state index contributed by atoms with van der Waals surface area (Å²) < 4.78 is 7.11. The van der Waals surface area contributed by atoms with Crippen LogP contribution in [-0.2, 0) is 11.3 Å². The van der Waals surface area contributed by atoms with Crippen molar-refractivity contribution >= 4 is 16.7 Å². The molecule has 1 aromatic heterocycles. The van der Waals surface area contributed by atoms with Gasteiger partial charge in [-0.1, -0.05) is 36.4 Å². The molecule has 3 aromatic rings. The molecular weight excluding hydrogens is 318 g/mol. The SMILES string of the molecule is Cc1cncn(CCNC(=O)COc2cccc3ccccc23)c1=O. The van der Waals surface area contributed by atoms with Gasteiger partial charge < -0.3 is 10.1 Å². The van der Waals surface area contributed by atoms with Gasteiger partial charge in [0.25, 0.3) is 11.5 Å². The van der Waals surface area contributed by atoms with Gasteiger partial charge in [0.05, 0.1) is 6.33 Å². The standard InChI is InChI=1S/C19H19N3O3/c1-14-11-20-13-22(19(14)24)10-9-21-18(23)12-25-17-8-4-6-15-5-2-3-7-16(15)17/h2-8,11,13H,9-10,12H2,1H3,(H,21,23). The van der Waals surface area contributed by atoms with Crippen LogP contribution >= 0.6 is 0 Å². The predicted octanol–water partition coefficient (Wildman–Crippen LogP) is 1.90. The molecule has 0 radical (unpaired) electrons. The van der Waals surface area contributed by atoms with Gasteiger partial charge in [-0.2, -0.15) is 0 Å². The number of ether oxygens (including phenoxy) is 1. The first-order chi connectivity index (χ1) is 12.1. The maximum Gasteiger partial charge on any atom is 0.258 e. The highest BCUT2D eigenvalue weighted by atomic mass is 16.5. The third kappa shape index (κ3) is 4.03. The van der Waals surface area contributed by atoms with Gasteiger partial charge in [0.2, 0.25) is 0 Å². The second-order valence-corrected chi connectivity index (χ2v) is 5.69. The summed E-state index contributed by atoms with van der Waals surface area (Å²) in [6.07, 6.45) is 2.99. The number of hydrogen-bond donors (Lipinski definition) is 1. The fourth-order valence-corrected chi connectivity index (χ4v) is 2.55. The third-order valence-corrected chi connectivity index (χ3v) is 3.86. The van der Waals surface area contributed by atoms with E-state index in [4.69, 9.17) is 4.74 Å². The first-order valence-electron chi connectivity index (χ1n) is 8.03. The zero-order valence-electron chi connectivity index (χ0n) is 13.9. The quantitative estimate of drug-likeness (QED) is 0.746. The van der Waals surface area contributed by atoms with Crippen LogP contribution in [0.3, 0.4) is 0 Å². The molecule has 1 amide bonds. The highest BCUT2D eigenvalue weighted by Gasteiger charge is 2.06. The lowest BCUT2D eigenvalue weighted by atomic mass is 10.1. The Labute approximate surface area is 145 Å². The number of rotatable bonds is 6. The molecule has 2 aromatic carbocycles. The molecule has 0 aliphatic carbocycles. The number of carbonyl (C=O) groups excluding carboxylic acids is 1. The normalized spacial score (nSPS) is 10.6. The number of aromatic nitrogens is 2. The number of aryl methyl sites for hydroxylation is 1. The summed E-state index contributed by atoms with van der Waals surface area (Å²) in [5, 5.41) is 4.77. The van der Waals surface area contributed by atoms with E-state index < -0.39 is 0 Å². The molecule has 1 N–H and O–H groups in total. The van der Waals surface area contributed by atoms with Gasteiger partial charge in [-0.3, -0.25) is 14.2 Å². The molecule has 0 aliphatic rings. The highest BCUT2D eigenvalue weighted by molar-refractivity contribution is 5.88. The summed E-state index contributed by atoms with van der Waals surface area (Å²) in [5.74, 6) is 0.439. The van der Waals surface area contributed by atoms with E-state index in [9.17, 15) is 9.59 Å². The lowest BCUT2D eigenvalue weighted by molar-refractivity contribution is -0.123. The van der Waals surface area contributed by atoms with Crippen molar-refractivity contribution in [3.8, 4) is 5.75 Å². The number of amides is 1. The van der Waals surface area contributed by atoms with E-state index in [-0.39, 0.29) is 18.1 Å². The van der Waals surface area contributed by atoms with Crippen molar-refractivity contribution in [3.05, 3.63) is 70.9 Å². The molecule has 0 saturated heterocycles. The summed E-state index contributed by atoms with van der Waals surface area (Å²) in [7, 11) is 0. The first kappa shape index (κ1) is 16.7. The molecule has 0 unspecified atom stereocenters. The molecule has 6 nitrogen and oxygen atoms in total. The van der Waals surface area contributed by atoms with Crippen molar-refractivity contribution in [2.75, 3.05) is 13.2 Å². The molecule has 0 aliphatic heterocycles. The van der Waals surface area contributed by atoms with Gasteiger partial charge >= 0.3 is 0 Å². The Balaban J connectivity index is 1.53. The topological polar surface area (TPSA) is 73.2 Å². The molecule has 0 saturated carbocycles. The van der Waals surface area contributed by atoms with Crippen molar-refractivity contribution in [3.63, 3.8) is 0 Å². The van der Waals surface area contributed by atoms with Crippen LogP contribution in [0.15, 0.2) is 59.8 Å². The van der Waals surface area contributed by atoms with Crippen LogP contribution in [0, 0.1) is 6.92 Å². The molecule has 3 rings (SSSR count). The average molecular weight is 337 g/mol. The largest absolute Gasteiger partial charge is 0.483 e. The number of carbonyl (C=O) groups is 1. The Kier molecular flexibility index (Phi) is 5.09. The van der Waals surface area contributed by atoms with Gasteiger partial charge in [0.15, 0.2) is 6.61 Å². The smallest absolute Gasteiger partial charge is 0.258 e. The van der Waals surface area contributed by atoms with Crippen LogP contribution < -0.4 is 15.6 Å². The van der Waals surface area contributed by atoms with Gasteiger partial charge in [0.1, 0.15) is 5.75 Å². The Bertz CT molecular complexity index is 945. The van der Waals surface area contributed by atoms with Crippen LogP contribution in [0.25, 0.3) is 10.8 Å². The van der Waals surface area contributed by atoms with Crippen LogP contribution in [0.2, 0.25) is 0 Å². The summed E-state index contributed by atoms with van der Waals surface area (Å²) in [6.45, 7) is 2.34. The number of benzene rings is 2. The van der Waals surface area contributed by atoms with E-state index in [1.165, 1.54) is 17.1 Å². The Morgan fingerprint density at radius 3 is 2.88 bits per heavy atom. The molecule has 128 valence electrons. The Hall–Kier alpha value is -3.15. The maximum atomic E-state index is 12.0. The number of nitrogens with zero attached hydrogens (tertiary/aromatic N) is 2. The lowest BCUT2D eigenvalue weighted by Crippen LogP contribution is -2.34. The third-order valence-electron chi connectivity index (χ3n) is 3.86. The minimum absolute atomic E-state index is 0.0744. The fraction of sp³-hybridized carbons (Fsp3) is 0.211. The second kappa shape index (κ2) is 7.61. The zero-order valence-corrected chi connectivity index (χ0v) is 13.9. The van der Waals surface area contributed by atoms with Gasteiger partial charge in [-0.05, 0) is 18.4 Å². The number of nitrogens with one attached hydrogen (secondary N) is 1. The average Bonchev–Trinajstić information content (AvgIpc) is 2.63. The fourth-order valence-electron chi connectivity index (χ4n) is 2.55. The van der Waals surface area contributed by atoms with E-state index >= 15 is 0 Å². The Morgan fingerprint density at radius 2 is 2.00 bits per heavy atom. The van der Waals surface area contributed by atoms with Crippen LogP contribution in [0.5, 0.6) is 5.75 Å². The van der Waals surface area contributed by atoms with Crippen molar-refractivity contribution in [2.45, 2.75) is 13.5 Å². The van der Waals surface area contributed by atoms with Gasteiger partial charge in [-0.25, -0.2) is 4.98 Å². The van der Waals surface area contributed by atoms with E-state index in [1.54, 1.807) is 6.92 Å². The van der Waals surface area contributed by atoms with Crippen molar-refractivity contribution in [2.24, 2.45) is 0 Å².